The minimum atomic E-state index is -0.249. The molecule has 0 radical (unpaired) electrons. The number of aromatic nitrogens is 1. The largest absolute Gasteiger partial charge is 0.360 e. The van der Waals surface area contributed by atoms with Gasteiger partial charge in [0.1, 0.15) is 0 Å². The Kier molecular flexibility index (Phi) is 5.53. The lowest BCUT2D eigenvalue weighted by molar-refractivity contribution is 0.390. The lowest BCUT2D eigenvalue weighted by atomic mass is 10.1. The van der Waals surface area contributed by atoms with E-state index in [2.05, 4.69) is 42.6 Å². The van der Waals surface area contributed by atoms with Gasteiger partial charge in [-0.2, -0.15) is 0 Å². The highest BCUT2D eigenvalue weighted by Crippen LogP contribution is 2.08. The van der Waals surface area contributed by atoms with Crippen LogP contribution in [0.3, 0.4) is 0 Å². The molecule has 0 aliphatic carbocycles. The standard InChI is InChI=1S/C14H21NO2/c1-11(2)6-4-7-12(3)8-5-9-13-10-15-17-14(13)16/h6,8,10,15H,4-5,7,9H2,1-3H3/b12-8+. The summed E-state index contributed by atoms with van der Waals surface area (Å²) in [6, 6.07) is 0. The third kappa shape index (κ3) is 5.38. The minimum Gasteiger partial charge on any atom is -0.339 e. The van der Waals surface area contributed by atoms with Crippen molar-refractivity contribution < 1.29 is 4.52 Å². The van der Waals surface area contributed by atoms with E-state index in [-0.39, 0.29) is 5.63 Å². The van der Waals surface area contributed by atoms with Crippen molar-refractivity contribution in [2.75, 3.05) is 0 Å². The maximum atomic E-state index is 11.1. The van der Waals surface area contributed by atoms with Crippen LogP contribution in [0.4, 0.5) is 0 Å². The maximum Gasteiger partial charge on any atom is 0.360 e. The Morgan fingerprint density at radius 3 is 2.65 bits per heavy atom. The van der Waals surface area contributed by atoms with E-state index in [9.17, 15) is 4.79 Å². The molecule has 0 spiro atoms. The van der Waals surface area contributed by atoms with Gasteiger partial charge in [-0.3, -0.25) is 0 Å². The minimum absolute atomic E-state index is 0.249. The molecule has 1 heterocycles. The predicted molar refractivity (Wildman–Crippen MR) is 70.1 cm³/mol. The molecule has 1 aromatic heterocycles. The Bertz CT molecular complexity index is 445. The first-order chi connectivity index (χ1) is 8.09. The van der Waals surface area contributed by atoms with E-state index in [0.29, 0.717) is 0 Å². The van der Waals surface area contributed by atoms with Crippen molar-refractivity contribution in [3.63, 3.8) is 0 Å². The summed E-state index contributed by atoms with van der Waals surface area (Å²) in [5.74, 6) is 0. The summed E-state index contributed by atoms with van der Waals surface area (Å²) >= 11 is 0. The van der Waals surface area contributed by atoms with Crippen molar-refractivity contribution in [1.82, 2.24) is 5.16 Å². The van der Waals surface area contributed by atoms with Crippen LogP contribution in [0, 0.1) is 0 Å². The number of aromatic amines is 1. The van der Waals surface area contributed by atoms with Crippen LogP contribution in [-0.4, -0.2) is 5.16 Å². The first-order valence-electron chi connectivity index (χ1n) is 6.04. The molecule has 1 N–H and O–H groups in total. The lowest BCUT2D eigenvalue weighted by Gasteiger charge is -1.98. The molecule has 0 bridgehead atoms. The molecule has 3 nitrogen and oxygen atoms in total. The third-order valence-electron chi connectivity index (χ3n) is 2.64. The second-order valence-corrected chi connectivity index (χ2v) is 4.59. The van der Waals surface area contributed by atoms with E-state index in [1.165, 1.54) is 11.1 Å². The van der Waals surface area contributed by atoms with Gasteiger partial charge < -0.3 is 4.52 Å². The fourth-order valence-corrected chi connectivity index (χ4v) is 1.62. The van der Waals surface area contributed by atoms with E-state index < -0.39 is 0 Å². The molecule has 0 fully saturated rings. The number of allylic oxidation sites excluding steroid dienone is 4. The van der Waals surface area contributed by atoms with Gasteiger partial charge in [-0.1, -0.05) is 23.3 Å². The molecule has 0 saturated carbocycles. The smallest absolute Gasteiger partial charge is 0.339 e. The predicted octanol–water partition coefficient (Wildman–Crippen LogP) is 3.59. The second-order valence-electron chi connectivity index (χ2n) is 4.59. The quantitative estimate of drug-likeness (QED) is 0.766. The first-order valence-corrected chi connectivity index (χ1v) is 6.04. The molecule has 0 aromatic carbocycles. The topological polar surface area (TPSA) is 46.0 Å². The van der Waals surface area contributed by atoms with Gasteiger partial charge in [0, 0.05) is 6.20 Å². The summed E-state index contributed by atoms with van der Waals surface area (Å²) < 4.78 is 4.60. The Morgan fingerprint density at radius 2 is 2.06 bits per heavy atom. The van der Waals surface area contributed by atoms with E-state index in [1.54, 1.807) is 6.20 Å². The van der Waals surface area contributed by atoms with Crippen LogP contribution < -0.4 is 5.63 Å². The van der Waals surface area contributed by atoms with Crippen LogP contribution in [0.15, 0.2) is 38.8 Å². The molecule has 0 amide bonds. The van der Waals surface area contributed by atoms with Crippen molar-refractivity contribution >= 4 is 0 Å². The Balaban J connectivity index is 2.31. The van der Waals surface area contributed by atoms with Crippen LogP contribution in [0.5, 0.6) is 0 Å². The highest BCUT2D eigenvalue weighted by Gasteiger charge is 2.00. The summed E-state index contributed by atoms with van der Waals surface area (Å²) in [7, 11) is 0. The molecule has 3 heteroatoms. The molecule has 94 valence electrons. The maximum absolute atomic E-state index is 11.1. The number of hydrogen-bond donors (Lipinski definition) is 1. The van der Waals surface area contributed by atoms with Crippen molar-refractivity contribution in [3.05, 3.63) is 45.5 Å². The Morgan fingerprint density at radius 1 is 1.29 bits per heavy atom. The molecule has 0 aliphatic heterocycles. The van der Waals surface area contributed by atoms with Gasteiger partial charge in [-0.25, -0.2) is 9.95 Å². The molecule has 0 aliphatic rings. The third-order valence-corrected chi connectivity index (χ3v) is 2.64. The van der Waals surface area contributed by atoms with E-state index in [1.807, 2.05) is 0 Å². The first kappa shape index (κ1) is 13.6. The summed E-state index contributed by atoms with van der Waals surface area (Å²) in [6.45, 7) is 6.37. The zero-order chi connectivity index (χ0) is 12.7. The van der Waals surface area contributed by atoms with E-state index in [4.69, 9.17) is 0 Å². The van der Waals surface area contributed by atoms with Gasteiger partial charge in [0.25, 0.3) is 0 Å². The summed E-state index contributed by atoms with van der Waals surface area (Å²) in [4.78, 5) is 11.1. The van der Waals surface area contributed by atoms with Crippen LogP contribution in [0.2, 0.25) is 0 Å². The zero-order valence-electron chi connectivity index (χ0n) is 10.9. The highest BCUT2D eigenvalue weighted by molar-refractivity contribution is 5.06. The van der Waals surface area contributed by atoms with Crippen LogP contribution in [-0.2, 0) is 6.42 Å². The molecular formula is C14H21NO2. The molecular weight excluding hydrogens is 214 g/mol. The number of aryl methyl sites for hydroxylation is 1. The number of hydrogen-bond acceptors (Lipinski definition) is 2. The van der Waals surface area contributed by atoms with Gasteiger partial charge >= 0.3 is 5.63 Å². The average molecular weight is 235 g/mol. The van der Waals surface area contributed by atoms with Crippen molar-refractivity contribution in [2.45, 2.75) is 46.5 Å². The lowest BCUT2D eigenvalue weighted by Crippen LogP contribution is -2.00. The molecule has 1 aromatic rings. The molecule has 17 heavy (non-hydrogen) atoms. The summed E-state index contributed by atoms with van der Waals surface area (Å²) in [5.41, 5.74) is 3.21. The molecule has 0 unspecified atom stereocenters. The van der Waals surface area contributed by atoms with E-state index in [0.717, 1.165) is 31.2 Å². The molecule has 0 atom stereocenters. The molecule has 1 rings (SSSR count). The van der Waals surface area contributed by atoms with Crippen LogP contribution in [0.25, 0.3) is 0 Å². The van der Waals surface area contributed by atoms with E-state index >= 15 is 0 Å². The number of H-pyrrole nitrogens is 1. The Hall–Kier alpha value is -1.51. The zero-order valence-corrected chi connectivity index (χ0v) is 10.9. The average Bonchev–Trinajstić information content (AvgIpc) is 2.64. The fourth-order valence-electron chi connectivity index (χ4n) is 1.62. The number of nitrogens with one attached hydrogen (secondary N) is 1. The Labute approximate surface area is 102 Å². The number of rotatable bonds is 6. The second kappa shape index (κ2) is 6.94. The van der Waals surface area contributed by atoms with Crippen molar-refractivity contribution in [1.29, 1.82) is 0 Å². The summed E-state index contributed by atoms with van der Waals surface area (Å²) in [5, 5.41) is 2.47. The SMILES string of the molecule is CC(C)=CCC/C(C)=C/CCc1c[nH]oc1=O. The highest BCUT2D eigenvalue weighted by atomic mass is 16.5. The van der Waals surface area contributed by atoms with Crippen LogP contribution >= 0.6 is 0 Å². The van der Waals surface area contributed by atoms with Gasteiger partial charge in [0.05, 0.1) is 5.56 Å². The van der Waals surface area contributed by atoms with Gasteiger partial charge in [0.15, 0.2) is 0 Å². The van der Waals surface area contributed by atoms with Gasteiger partial charge in [-0.05, 0) is 46.5 Å². The van der Waals surface area contributed by atoms with Gasteiger partial charge in [-0.15, -0.1) is 0 Å². The van der Waals surface area contributed by atoms with Crippen LogP contribution in [0.1, 0.15) is 45.6 Å². The monoisotopic (exact) mass is 235 g/mol. The van der Waals surface area contributed by atoms with Crippen molar-refractivity contribution in [3.8, 4) is 0 Å². The van der Waals surface area contributed by atoms with Gasteiger partial charge in [0.2, 0.25) is 0 Å². The normalized spacial score (nSPS) is 11.6. The van der Waals surface area contributed by atoms with Crippen molar-refractivity contribution in [2.24, 2.45) is 0 Å². The fraction of sp³-hybridized carbons (Fsp3) is 0.500. The summed E-state index contributed by atoms with van der Waals surface area (Å²) in [6.07, 6.45) is 9.90. The molecule has 0 saturated heterocycles.